The summed E-state index contributed by atoms with van der Waals surface area (Å²) in [5, 5.41) is 12.6. The molecule has 90 valence electrons. The maximum Gasteiger partial charge on any atom is 0.115 e. The summed E-state index contributed by atoms with van der Waals surface area (Å²) in [6.45, 7) is 5.29. The fraction of sp³-hybridized carbons (Fsp3) is 0.538. The van der Waals surface area contributed by atoms with Gasteiger partial charge in [0.2, 0.25) is 0 Å². The minimum Gasteiger partial charge on any atom is -0.508 e. The van der Waals surface area contributed by atoms with E-state index in [2.05, 4.69) is 19.2 Å². The summed E-state index contributed by atoms with van der Waals surface area (Å²) in [4.78, 5) is 0. The summed E-state index contributed by atoms with van der Waals surface area (Å²) >= 11 is 1.99. The Labute approximate surface area is 102 Å². The molecule has 2 nitrogen and oxygen atoms in total. The highest BCUT2D eigenvalue weighted by molar-refractivity contribution is 7.99. The van der Waals surface area contributed by atoms with Gasteiger partial charge in [0, 0.05) is 12.6 Å². The Morgan fingerprint density at radius 2 is 2.00 bits per heavy atom. The van der Waals surface area contributed by atoms with Crippen molar-refractivity contribution in [1.82, 2.24) is 5.32 Å². The number of benzene rings is 1. The summed E-state index contributed by atoms with van der Waals surface area (Å²) < 4.78 is 0. The average molecular weight is 239 g/mol. The van der Waals surface area contributed by atoms with Gasteiger partial charge in [-0.2, -0.15) is 11.8 Å². The van der Waals surface area contributed by atoms with Crippen LogP contribution in [-0.2, 0) is 6.54 Å². The third-order valence-electron chi connectivity index (χ3n) is 2.49. The molecule has 1 aromatic rings. The predicted octanol–water partition coefficient (Wildman–Crippen LogP) is 3.01. The van der Waals surface area contributed by atoms with E-state index in [9.17, 15) is 0 Å². The van der Waals surface area contributed by atoms with Crippen molar-refractivity contribution in [1.29, 1.82) is 0 Å². The number of aromatic hydroxyl groups is 1. The van der Waals surface area contributed by atoms with E-state index >= 15 is 0 Å². The largest absolute Gasteiger partial charge is 0.508 e. The Morgan fingerprint density at radius 1 is 1.31 bits per heavy atom. The van der Waals surface area contributed by atoms with E-state index in [-0.39, 0.29) is 0 Å². The number of hydrogen-bond acceptors (Lipinski definition) is 3. The molecule has 0 amide bonds. The second-order valence-corrected chi connectivity index (χ2v) is 5.33. The Hall–Kier alpha value is -0.670. The predicted molar refractivity (Wildman–Crippen MR) is 72.0 cm³/mol. The average Bonchev–Trinajstić information content (AvgIpc) is 2.29. The van der Waals surface area contributed by atoms with Gasteiger partial charge in [-0.1, -0.05) is 19.1 Å². The van der Waals surface area contributed by atoms with Gasteiger partial charge < -0.3 is 10.4 Å². The molecule has 0 saturated heterocycles. The number of thioether (sulfide) groups is 1. The Bertz CT molecular complexity index is 286. The van der Waals surface area contributed by atoms with E-state index in [4.69, 9.17) is 5.11 Å². The molecule has 2 N–H and O–H groups in total. The number of phenols is 1. The first-order chi connectivity index (χ1) is 7.72. The van der Waals surface area contributed by atoms with Crippen LogP contribution in [0.5, 0.6) is 5.75 Å². The minimum atomic E-state index is 0.330. The molecular weight excluding hydrogens is 218 g/mol. The standard InChI is InChI=1S/C13H21NOS/c1-3-16-9-8-11(2)14-10-12-4-6-13(15)7-5-12/h4-7,11,14-15H,3,8-10H2,1-2H3. The molecule has 0 spiro atoms. The van der Waals surface area contributed by atoms with Crippen LogP contribution >= 0.6 is 11.8 Å². The van der Waals surface area contributed by atoms with Crippen molar-refractivity contribution in [3.63, 3.8) is 0 Å². The maximum absolute atomic E-state index is 9.15. The fourth-order valence-electron chi connectivity index (χ4n) is 1.41. The summed E-state index contributed by atoms with van der Waals surface area (Å²) in [6.07, 6.45) is 1.20. The lowest BCUT2D eigenvalue weighted by Crippen LogP contribution is -2.25. The van der Waals surface area contributed by atoms with Gasteiger partial charge >= 0.3 is 0 Å². The normalized spacial score (nSPS) is 12.6. The zero-order valence-corrected chi connectivity index (χ0v) is 10.9. The molecule has 1 aromatic carbocycles. The molecule has 0 aliphatic heterocycles. The van der Waals surface area contributed by atoms with Crippen LogP contribution in [0.3, 0.4) is 0 Å². The zero-order chi connectivity index (χ0) is 11.8. The zero-order valence-electron chi connectivity index (χ0n) is 10.1. The van der Waals surface area contributed by atoms with Crippen LogP contribution in [0.4, 0.5) is 0 Å². The maximum atomic E-state index is 9.15. The summed E-state index contributed by atoms with van der Waals surface area (Å²) in [5.74, 6) is 2.75. The van der Waals surface area contributed by atoms with Crippen LogP contribution in [0.15, 0.2) is 24.3 Å². The molecular formula is C13H21NOS. The number of rotatable bonds is 7. The van der Waals surface area contributed by atoms with Crippen molar-refractivity contribution in [2.75, 3.05) is 11.5 Å². The van der Waals surface area contributed by atoms with Gasteiger partial charge in [-0.15, -0.1) is 0 Å². The second kappa shape index (κ2) is 7.58. The molecule has 0 aliphatic rings. The van der Waals surface area contributed by atoms with Gasteiger partial charge in [-0.05, 0) is 42.5 Å². The van der Waals surface area contributed by atoms with Gasteiger partial charge in [0.15, 0.2) is 0 Å². The third-order valence-corrected chi connectivity index (χ3v) is 3.42. The summed E-state index contributed by atoms with van der Waals surface area (Å²) in [6, 6.07) is 7.92. The van der Waals surface area contributed by atoms with Crippen molar-refractivity contribution in [2.45, 2.75) is 32.9 Å². The van der Waals surface area contributed by atoms with E-state index in [0.717, 1.165) is 6.54 Å². The lowest BCUT2D eigenvalue weighted by Gasteiger charge is -2.13. The van der Waals surface area contributed by atoms with E-state index in [1.807, 2.05) is 23.9 Å². The molecule has 16 heavy (non-hydrogen) atoms. The Balaban J connectivity index is 2.20. The molecule has 0 aliphatic carbocycles. The van der Waals surface area contributed by atoms with Crippen LogP contribution in [-0.4, -0.2) is 22.7 Å². The molecule has 1 rings (SSSR count). The quantitative estimate of drug-likeness (QED) is 0.717. The number of nitrogens with one attached hydrogen (secondary N) is 1. The minimum absolute atomic E-state index is 0.330. The van der Waals surface area contributed by atoms with E-state index < -0.39 is 0 Å². The van der Waals surface area contributed by atoms with E-state index in [1.165, 1.54) is 23.5 Å². The lowest BCUT2D eigenvalue weighted by molar-refractivity contribution is 0.474. The van der Waals surface area contributed by atoms with Crippen molar-refractivity contribution in [2.24, 2.45) is 0 Å². The molecule has 0 bridgehead atoms. The molecule has 1 atom stereocenters. The molecule has 0 heterocycles. The van der Waals surface area contributed by atoms with Crippen molar-refractivity contribution in [3.8, 4) is 5.75 Å². The first-order valence-corrected chi connectivity index (χ1v) is 6.97. The molecule has 1 unspecified atom stereocenters. The van der Waals surface area contributed by atoms with Gasteiger partial charge in [-0.25, -0.2) is 0 Å². The summed E-state index contributed by atoms with van der Waals surface area (Å²) in [7, 11) is 0. The van der Waals surface area contributed by atoms with Gasteiger partial charge in [-0.3, -0.25) is 0 Å². The van der Waals surface area contributed by atoms with Crippen LogP contribution < -0.4 is 5.32 Å². The topological polar surface area (TPSA) is 32.3 Å². The molecule has 0 saturated carbocycles. The van der Waals surface area contributed by atoms with Crippen molar-refractivity contribution in [3.05, 3.63) is 29.8 Å². The highest BCUT2D eigenvalue weighted by atomic mass is 32.2. The van der Waals surface area contributed by atoms with Crippen LogP contribution in [0.1, 0.15) is 25.8 Å². The second-order valence-electron chi connectivity index (χ2n) is 3.93. The van der Waals surface area contributed by atoms with Crippen molar-refractivity contribution >= 4 is 11.8 Å². The van der Waals surface area contributed by atoms with Gasteiger partial charge in [0.25, 0.3) is 0 Å². The van der Waals surface area contributed by atoms with Crippen LogP contribution in [0, 0.1) is 0 Å². The highest BCUT2D eigenvalue weighted by Gasteiger charge is 2.01. The highest BCUT2D eigenvalue weighted by Crippen LogP contribution is 2.10. The molecule has 0 aromatic heterocycles. The number of hydrogen-bond donors (Lipinski definition) is 2. The van der Waals surface area contributed by atoms with E-state index in [1.54, 1.807) is 12.1 Å². The SMILES string of the molecule is CCSCCC(C)NCc1ccc(O)cc1. The van der Waals surface area contributed by atoms with Gasteiger partial charge in [0.05, 0.1) is 0 Å². The summed E-state index contributed by atoms with van der Waals surface area (Å²) in [5.41, 5.74) is 1.22. The first kappa shape index (κ1) is 13.4. The van der Waals surface area contributed by atoms with Crippen molar-refractivity contribution < 1.29 is 5.11 Å². The molecule has 3 heteroatoms. The fourth-order valence-corrected chi connectivity index (χ4v) is 2.22. The smallest absolute Gasteiger partial charge is 0.115 e. The van der Waals surface area contributed by atoms with Crippen LogP contribution in [0.25, 0.3) is 0 Å². The molecule has 0 fully saturated rings. The lowest BCUT2D eigenvalue weighted by atomic mass is 10.2. The van der Waals surface area contributed by atoms with Crippen LogP contribution in [0.2, 0.25) is 0 Å². The Kier molecular flexibility index (Phi) is 6.34. The number of phenolic OH excluding ortho intramolecular Hbond substituents is 1. The molecule has 0 radical (unpaired) electrons. The van der Waals surface area contributed by atoms with Gasteiger partial charge in [0.1, 0.15) is 5.75 Å². The Morgan fingerprint density at radius 3 is 2.62 bits per heavy atom. The van der Waals surface area contributed by atoms with E-state index in [0.29, 0.717) is 11.8 Å². The third kappa shape index (κ3) is 5.42. The first-order valence-electron chi connectivity index (χ1n) is 5.81. The monoisotopic (exact) mass is 239 g/mol.